The van der Waals surface area contributed by atoms with E-state index < -0.39 is 18.1 Å². The van der Waals surface area contributed by atoms with Crippen LogP contribution in [0.5, 0.6) is 0 Å². The summed E-state index contributed by atoms with van der Waals surface area (Å²) in [6.45, 7) is 0.561. The van der Waals surface area contributed by atoms with E-state index in [-0.39, 0.29) is 17.9 Å². The van der Waals surface area contributed by atoms with E-state index in [1.807, 2.05) is 0 Å². The van der Waals surface area contributed by atoms with Crippen LogP contribution in [0.3, 0.4) is 0 Å². The first-order valence-electron chi connectivity index (χ1n) is 4.52. The van der Waals surface area contributed by atoms with Gasteiger partial charge < -0.3 is 10.5 Å². The molecular formula is C10H11F4NO. The lowest BCUT2D eigenvalue weighted by molar-refractivity contribution is -0.217. The molecule has 1 aromatic carbocycles. The van der Waals surface area contributed by atoms with Crippen molar-refractivity contribution in [3.05, 3.63) is 29.6 Å². The molecule has 1 unspecified atom stereocenters. The monoisotopic (exact) mass is 237 g/mol. The quantitative estimate of drug-likeness (QED) is 0.648. The van der Waals surface area contributed by atoms with Crippen LogP contribution in [0, 0.1) is 5.82 Å². The van der Waals surface area contributed by atoms with E-state index in [1.165, 1.54) is 6.07 Å². The van der Waals surface area contributed by atoms with E-state index >= 15 is 0 Å². The van der Waals surface area contributed by atoms with E-state index in [4.69, 9.17) is 5.73 Å². The molecule has 0 bridgehead atoms. The molecule has 16 heavy (non-hydrogen) atoms. The van der Waals surface area contributed by atoms with Gasteiger partial charge in [-0.2, -0.15) is 13.2 Å². The van der Waals surface area contributed by atoms with Crippen molar-refractivity contribution in [2.45, 2.75) is 25.8 Å². The molecule has 0 heterocycles. The van der Waals surface area contributed by atoms with Crippen molar-refractivity contribution < 1.29 is 22.3 Å². The van der Waals surface area contributed by atoms with E-state index in [9.17, 15) is 17.6 Å². The van der Waals surface area contributed by atoms with E-state index in [1.54, 1.807) is 0 Å². The average Bonchev–Trinajstić information content (AvgIpc) is 2.11. The minimum absolute atomic E-state index is 0.151. The Hall–Kier alpha value is -1.30. The fourth-order valence-corrected chi connectivity index (χ4v) is 1.07. The molecule has 1 rings (SSSR count). The van der Waals surface area contributed by atoms with Gasteiger partial charge in [0.2, 0.25) is 0 Å². The van der Waals surface area contributed by atoms with Crippen LogP contribution in [0.15, 0.2) is 18.2 Å². The number of anilines is 1. The van der Waals surface area contributed by atoms with Crippen molar-refractivity contribution in [1.29, 1.82) is 0 Å². The molecule has 0 saturated heterocycles. The highest BCUT2D eigenvalue weighted by atomic mass is 19.4. The van der Waals surface area contributed by atoms with Crippen molar-refractivity contribution in [1.82, 2.24) is 0 Å². The minimum atomic E-state index is -4.42. The molecule has 1 atom stereocenters. The van der Waals surface area contributed by atoms with Gasteiger partial charge in [0.05, 0.1) is 6.61 Å². The fourth-order valence-electron chi connectivity index (χ4n) is 1.07. The molecule has 0 fully saturated rings. The van der Waals surface area contributed by atoms with Gasteiger partial charge in [0.1, 0.15) is 5.82 Å². The molecule has 1 aromatic rings. The maximum atomic E-state index is 12.8. The van der Waals surface area contributed by atoms with Gasteiger partial charge in [-0.3, -0.25) is 0 Å². The van der Waals surface area contributed by atoms with Crippen molar-refractivity contribution in [2.75, 3.05) is 5.73 Å². The molecule has 0 aliphatic rings. The third-order valence-electron chi connectivity index (χ3n) is 1.94. The average molecular weight is 237 g/mol. The third kappa shape index (κ3) is 3.69. The molecule has 0 aliphatic heterocycles. The number of hydrogen-bond acceptors (Lipinski definition) is 2. The highest BCUT2D eigenvalue weighted by Gasteiger charge is 2.36. The Kier molecular flexibility index (Phi) is 3.74. The largest absolute Gasteiger partial charge is 0.414 e. The molecule has 0 radical (unpaired) electrons. The van der Waals surface area contributed by atoms with Crippen LogP contribution < -0.4 is 5.73 Å². The smallest absolute Gasteiger partial charge is 0.399 e. The number of nitrogen functional groups attached to an aromatic ring is 1. The van der Waals surface area contributed by atoms with Crippen LogP contribution in [0.25, 0.3) is 0 Å². The predicted molar refractivity (Wildman–Crippen MR) is 51.1 cm³/mol. The number of alkyl halides is 3. The summed E-state index contributed by atoms with van der Waals surface area (Å²) in [6.07, 6.45) is -6.31. The third-order valence-corrected chi connectivity index (χ3v) is 1.94. The van der Waals surface area contributed by atoms with Crippen LogP contribution >= 0.6 is 0 Å². The molecule has 0 aliphatic carbocycles. The molecule has 6 heteroatoms. The van der Waals surface area contributed by atoms with Crippen molar-refractivity contribution in [3.8, 4) is 0 Å². The van der Waals surface area contributed by atoms with Crippen molar-refractivity contribution in [2.24, 2.45) is 0 Å². The van der Waals surface area contributed by atoms with Crippen LogP contribution in [0.2, 0.25) is 0 Å². The lowest BCUT2D eigenvalue weighted by Gasteiger charge is -2.16. The number of halogens is 4. The summed E-state index contributed by atoms with van der Waals surface area (Å²) in [4.78, 5) is 0. The van der Waals surface area contributed by atoms with Gasteiger partial charge in [-0.05, 0) is 30.7 Å². The minimum Gasteiger partial charge on any atom is -0.399 e. The summed E-state index contributed by atoms with van der Waals surface area (Å²) in [5.41, 5.74) is 5.76. The zero-order valence-electron chi connectivity index (χ0n) is 8.51. The lowest BCUT2D eigenvalue weighted by Crippen LogP contribution is -2.28. The Balaban J connectivity index is 2.61. The van der Waals surface area contributed by atoms with Gasteiger partial charge in [0, 0.05) is 5.69 Å². The van der Waals surface area contributed by atoms with Gasteiger partial charge in [-0.25, -0.2) is 4.39 Å². The molecule has 0 saturated carbocycles. The summed E-state index contributed by atoms with van der Waals surface area (Å²) in [5.74, 6) is -0.599. The Morgan fingerprint density at radius 3 is 2.44 bits per heavy atom. The highest BCUT2D eigenvalue weighted by molar-refractivity contribution is 5.41. The highest BCUT2D eigenvalue weighted by Crippen LogP contribution is 2.23. The van der Waals surface area contributed by atoms with Crippen LogP contribution in [-0.2, 0) is 11.3 Å². The first kappa shape index (κ1) is 12.8. The second-order valence-electron chi connectivity index (χ2n) is 3.39. The lowest BCUT2D eigenvalue weighted by atomic mass is 10.2. The Morgan fingerprint density at radius 2 is 1.94 bits per heavy atom. The van der Waals surface area contributed by atoms with Gasteiger partial charge in [0.15, 0.2) is 6.10 Å². The zero-order chi connectivity index (χ0) is 12.3. The number of hydrogen-bond donors (Lipinski definition) is 1. The first-order valence-corrected chi connectivity index (χ1v) is 4.52. The molecule has 2 N–H and O–H groups in total. The molecule has 0 amide bonds. The molecule has 0 aromatic heterocycles. The topological polar surface area (TPSA) is 35.2 Å². The standard InChI is InChI=1S/C10H11F4NO/c1-6(10(12,13)14)16-5-7-2-8(11)4-9(15)3-7/h2-4,6H,5,15H2,1H3. The zero-order valence-corrected chi connectivity index (χ0v) is 8.51. The number of benzene rings is 1. The van der Waals surface area contributed by atoms with Gasteiger partial charge >= 0.3 is 6.18 Å². The van der Waals surface area contributed by atoms with Gasteiger partial charge in [0.25, 0.3) is 0 Å². The summed E-state index contributed by atoms with van der Waals surface area (Å²) in [7, 11) is 0. The van der Waals surface area contributed by atoms with Crippen LogP contribution in [0.4, 0.5) is 23.2 Å². The van der Waals surface area contributed by atoms with Gasteiger partial charge in [-0.1, -0.05) is 0 Å². The van der Waals surface area contributed by atoms with Crippen molar-refractivity contribution >= 4 is 5.69 Å². The van der Waals surface area contributed by atoms with E-state index in [0.29, 0.717) is 0 Å². The van der Waals surface area contributed by atoms with E-state index in [2.05, 4.69) is 4.74 Å². The second kappa shape index (κ2) is 4.69. The maximum Gasteiger partial charge on any atom is 0.414 e. The fraction of sp³-hybridized carbons (Fsp3) is 0.400. The Labute approximate surface area is 90.0 Å². The second-order valence-corrected chi connectivity index (χ2v) is 3.39. The van der Waals surface area contributed by atoms with Crippen molar-refractivity contribution in [3.63, 3.8) is 0 Å². The summed E-state index contributed by atoms with van der Waals surface area (Å²) >= 11 is 0. The summed E-state index contributed by atoms with van der Waals surface area (Å²) in [6, 6.07) is 3.53. The summed E-state index contributed by atoms with van der Waals surface area (Å²) in [5, 5.41) is 0. The van der Waals surface area contributed by atoms with Crippen LogP contribution in [0.1, 0.15) is 12.5 Å². The Morgan fingerprint density at radius 1 is 1.31 bits per heavy atom. The molecular weight excluding hydrogens is 226 g/mol. The molecule has 0 spiro atoms. The maximum absolute atomic E-state index is 12.8. The predicted octanol–water partition coefficient (Wildman–Crippen LogP) is 2.88. The molecule has 90 valence electrons. The number of ether oxygens (including phenoxy) is 1. The first-order chi connectivity index (χ1) is 7.29. The normalized spacial score (nSPS) is 13.8. The van der Waals surface area contributed by atoms with Crippen LogP contribution in [-0.4, -0.2) is 12.3 Å². The SMILES string of the molecule is CC(OCc1cc(N)cc(F)c1)C(F)(F)F. The molecule has 2 nitrogen and oxygen atoms in total. The summed E-state index contributed by atoms with van der Waals surface area (Å²) < 4.78 is 53.6. The number of rotatable bonds is 3. The number of nitrogens with two attached hydrogens (primary N) is 1. The van der Waals surface area contributed by atoms with E-state index in [0.717, 1.165) is 19.1 Å². The van der Waals surface area contributed by atoms with Gasteiger partial charge in [-0.15, -0.1) is 0 Å². The Bertz CT molecular complexity index is 344.